The van der Waals surface area contributed by atoms with E-state index in [4.69, 9.17) is 9.47 Å². The van der Waals surface area contributed by atoms with Gasteiger partial charge in [-0.1, -0.05) is 6.07 Å². The Balaban J connectivity index is 1.93. The zero-order valence-corrected chi connectivity index (χ0v) is 9.39. The molecule has 1 fully saturated rings. The van der Waals surface area contributed by atoms with E-state index in [0.29, 0.717) is 24.7 Å². The molecule has 0 aromatic heterocycles. The summed E-state index contributed by atoms with van der Waals surface area (Å²) in [5.41, 5.74) is 0.823. The number of fused-ring (bicyclic) bond motifs is 1. The van der Waals surface area contributed by atoms with Crippen molar-refractivity contribution in [2.45, 2.75) is 18.8 Å². The first-order valence-corrected chi connectivity index (χ1v) is 5.88. The first-order valence-electron chi connectivity index (χ1n) is 5.88. The summed E-state index contributed by atoms with van der Waals surface area (Å²) in [5.74, 6) is 0.519. The Morgan fingerprint density at radius 1 is 1.24 bits per heavy atom. The highest BCUT2D eigenvalue weighted by molar-refractivity contribution is 5.77. The molecule has 2 aliphatic rings. The van der Waals surface area contributed by atoms with Crippen molar-refractivity contribution in [2.24, 2.45) is 5.92 Å². The van der Waals surface area contributed by atoms with Gasteiger partial charge in [-0.25, -0.2) is 0 Å². The number of hydrogen-bond acceptors (Lipinski definition) is 3. The van der Waals surface area contributed by atoms with E-state index in [9.17, 15) is 9.90 Å². The minimum Gasteiger partial charge on any atom is -0.486 e. The molecular weight excluding hydrogens is 220 g/mol. The summed E-state index contributed by atoms with van der Waals surface area (Å²) in [6.45, 7) is 1.08. The van der Waals surface area contributed by atoms with Crippen molar-refractivity contribution >= 4 is 5.97 Å². The molecule has 1 N–H and O–H groups in total. The summed E-state index contributed by atoms with van der Waals surface area (Å²) in [7, 11) is 0. The van der Waals surface area contributed by atoms with Gasteiger partial charge in [0.25, 0.3) is 0 Å². The zero-order chi connectivity index (χ0) is 11.8. The Hall–Kier alpha value is -1.71. The number of aliphatic carboxylic acids is 1. The van der Waals surface area contributed by atoms with Crippen molar-refractivity contribution in [3.8, 4) is 11.5 Å². The SMILES string of the molecule is O=C(O)C(c1ccc2c(c1)OCCO2)C1CC1. The predicted octanol–water partition coefficient (Wildman–Crippen LogP) is 2.04. The van der Waals surface area contributed by atoms with Crippen LogP contribution in [0.4, 0.5) is 0 Å². The Morgan fingerprint density at radius 2 is 1.94 bits per heavy atom. The second kappa shape index (κ2) is 3.95. The summed E-state index contributed by atoms with van der Waals surface area (Å²) in [6.07, 6.45) is 2.01. The average Bonchev–Trinajstić information content (AvgIpc) is 3.13. The molecule has 4 nitrogen and oxygen atoms in total. The molecule has 0 spiro atoms. The van der Waals surface area contributed by atoms with Gasteiger partial charge >= 0.3 is 5.97 Å². The number of carboxylic acids is 1. The van der Waals surface area contributed by atoms with Crippen LogP contribution in [-0.4, -0.2) is 24.3 Å². The van der Waals surface area contributed by atoms with Gasteiger partial charge in [0.2, 0.25) is 0 Å². The van der Waals surface area contributed by atoms with Crippen LogP contribution in [0.5, 0.6) is 11.5 Å². The first kappa shape index (κ1) is 10.4. The molecule has 0 amide bonds. The quantitative estimate of drug-likeness (QED) is 0.869. The van der Waals surface area contributed by atoms with E-state index in [-0.39, 0.29) is 5.92 Å². The number of hydrogen-bond donors (Lipinski definition) is 1. The van der Waals surface area contributed by atoms with E-state index >= 15 is 0 Å². The van der Waals surface area contributed by atoms with Gasteiger partial charge in [0, 0.05) is 0 Å². The Morgan fingerprint density at radius 3 is 2.59 bits per heavy atom. The van der Waals surface area contributed by atoms with Gasteiger partial charge in [-0.05, 0) is 36.5 Å². The van der Waals surface area contributed by atoms with Gasteiger partial charge in [0.05, 0.1) is 5.92 Å². The normalized spacial score (nSPS) is 19.8. The lowest BCUT2D eigenvalue weighted by Crippen LogP contribution is -2.17. The lowest BCUT2D eigenvalue weighted by Gasteiger charge is -2.20. The molecule has 1 aliphatic carbocycles. The fourth-order valence-corrected chi connectivity index (χ4v) is 2.30. The highest BCUT2D eigenvalue weighted by atomic mass is 16.6. The summed E-state index contributed by atoms with van der Waals surface area (Å²) < 4.78 is 10.9. The Kier molecular flexibility index (Phi) is 2.42. The van der Waals surface area contributed by atoms with E-state index in [0.717, 1.165) is 18.4 Å². The average molecular weight is 234 g/mol. The molecule has 3 rings (SSSR count). The molecule has 1 saturated carbocycles. The molecule has 90 valence electrons. The lowest BCUT2D eigenvalue weighted by molar-refractivity contribution is -0.139. The zero-order valence-electron chi connectivity index (χ0n) is 9.39. The fraction of sp³-hybridized carbons (Fsp3) is 0.462. The highest BCUT2D eigenvalue weighted by Crippen LogP contribution is 2.44. The van der Waals surface area contributed by atoms with E-state index in [2.05, 4.69) is 0 Å². The molecule has 1 aromatic carbocycles. The van der Waals surface area contributed by atoms with Gasteiger partial charge in [-0.15, -0.1) is 0 Å². The van der Waals surface area contributed by atoms with Crippen LogP contribution in [0.3, 0.4) is 0 Å². The lowest BCUT2D eigenvalue weighted by atomic mass is 9.94. The largest absolute Gasteiger partial charge is 0.486 e. The summed E-state index contributed by atoms with van der Waals surface area (Å²) in [4.78, 5) is 11.3. The maximum atomic E-state index is 11.3. The molecular formula is C13H14O4. The number of carbonyl (C=O) groups is 1. The maximum absolute atomic E-state index is 11.3. The third kappa shape index (κ3) is 1.95. The van der Waals surface area contributed by atoms with E-state index < -0.39 is 11.9 Å². The van der Waals surface area contributed by atoms with Crippen molar-refractivity contribution in [3.05, 3.63) is 23.8 Å². The molecule has 0 radical (unpaired) electrons. The molecule has 1 aromatic rings. The van der Waals surface area contributed by atoms with Crippen LogP contribution in [-0.2, 0) is 4.79 Å². The van der Waals surface area contributed by atoms with Crippen molar-refractivity contribution in [1.82, 2.24) is 0 Å². The third-order valence-electron chi connectivity index (χ3n) is 3.28. The van der Waals surface area contributed by atoms with E-state index in [1.807, 2.05) is 18.2 Å². The number of benzene rings is 1. The topological polar surface area (TPSA) is 55.8 Å². The minimum atomic E-state index is -0.746. The minimum absolute atomic E-state index is 0.287. The van der Waals surface area contributed by atoms with Crippen LogP contribution in [0.25, 0.3) is 0 Å². The van der Waals surface area contributed by atoms with E-state index in [1.54, 1.807) is 0 Å². The van der Waals surface area contributed by atoms with Crippen molar-refractivity contribution in [2.75, 3.05) is 13.2 Å². The fourth-order valence-electron chi connectivity index (χ4n) is 2.30. The van der Waals surface area contributed by atoms with Crippen molar-refractivity contribution in [3.63, 3.8) is 0 Å². The summed E-state index contributed by atoms with van der Waals surface area (Å²) in [6, 6.07) is 5.46. The molecule has 1 aliphatic heterocycles. The van der Waals surface area contributed by atoms with Crippen molar-refractivity contribution in [1.29, 1.82) is 0 Å². The Labute approximate surface area is 99.2 Å². The Bertz CT molecular complexity index is 451. The highest BCUT2D eigenvalue weighted by Gasteiger charge is 2.37. The molecule has 1 unspecified atom stereocenters. The van der Waals surface area contributed by atoms with Crippen molar-refractivity contribution < 1.29 is 19.4 Å². The van der Waals surface area contributed by atoms with Crippen LogP contribution in [0.1, 0.15) is 24.3 Å². The van der Waals surface area contributed by atoms with Crippen LogP contribution < -0.4 is 9.47 Å². The molecule has 17 heavy (non-hydrogen) atoms. The molecule has 1 atom stereocenters. The number of rotatable bonds is 3. The van der Waals surface area contributed by atoms with Gasteiger partial charge in [-0.2, -0.15) is 0 Å². The molecule has 4 heteroatoms. The predicted molar refractivity (Wildman–Crippen MR) is 60.5 cm³/mol. The summed E-state index contributed by atoms with van der Waals surface area (Å²) >= 11 is 0. The third-order valence-corrected chi connectivity index (χ3v) is 3.28. The van der Waals surface area contributed by atoms with Crippen LogP contribution in [0.2, 0.25) is 0 Å². The van der Waals surface area contributed by atoms with Gasteiger partial charge in [0.1, 0.15) is 13.2 Å². The maximum Gasteiger partial charge on any atom is 0.311 e. The van der Waals surface area contributed by atoms with Gasteiger partial charge in [0.15, 0.2) is 11.5 Å². The standard InChI is InChI=1S/C13H14O4/c14-13(15)12(8-1-2-8)9-3-4-10-11(7-9)17-6-5-16-10/h3-4,7-8,12H,1-2,5-6H2,(H,14,15). The second-order valence-corrected chi connectivity index (χ2v) is 4.56. The smallest absolute Gasteiger partial charge is 0.311 e. The molecule has 0 bridgehead atoms. The molecule has 1 heterocycles. The van der Waals surface area contributed by atoms with Crippen LogP contribution in [0, 0.1) is 5.92 Å². The van der Waals surface area contributed by atoms with Gasteiger partial charge in [-0.3, -0.25) is 4.79 Å². The first-order chi connectivity index (χ1) is 8.25. The number of ether oxygens (including phenoxy) is 2. The summed E-state index contributed by atoms with van der Waals surface area (Å²) in [5, 5.41) is 9.27. The van der Waals surface area contributed by atoms with Crippen LogP contribution in [0.15, 0.2) is 18.2 Å². The van der Waals surface area contributed by atoms with Crippen LogP contribution >= 0.6 is 0 Å². The second-order valence-electron chi connectivity index (χ2n) is 4.56. The monoisotopic (exact) mass is 234 g/mol. The molecule has 0 saturated heterocycles. The number of carboxylic acid groups (broad SMARTS) is 1. The van der Waals surface area contributed by atoms with E-state index in [1.165, 1.54) is 0 Å². The van der Waals surface area contributed by atoms with Gasteiger partial charge < -0.3 is 14.6 Å².